The molecule has 2 heterocycles. The lowest BCUT2D eigenvalue weighted by Gasteiger charge is -2.33. The zero-order chi connectivity index (χ0) is 21.9. The summed E-state index contributed by atoms with van der Waals surface area (Å²) in [5.41, 5.74) is 2.49. The number of nitrogens with one attached hydrogen (secondary N) is 2. The molecule has 1 aromatic carbocycles. The van der Waals surface area contributed by atoms with E-state index in [-0.39, 0.29) is 0 Å². The summed E-state index contributed by atoms with van der Waals surface area (Å²) in [6, 6.07) is 14.8. The number of piperazine rings is 1. The van der Waals surface area contributed by atoms with Crippen molar-refractivity contribution in [3.8, 4) is 0 Å². The molecular formula is C24H37N7. The van der Waals surface area contributed by atoms with E-state index in [2.05, 4.69) is 91.7 Å². The smallest absolute Gasteiger partial charge is 0.191 e. The third-order valence-electron chi connectivity index (χ3n) is 5.72. The molecule has 2 N–H and O–H groups in total. The predicted molar refractivity (Wildman–Crippen MR) is 131 cm³/mol. The fraction of sp³-hybridized carbons (Fsp3) is 0.500. The normalized spacial score (nSPS) is 15.1. The summed E-state index contributed by atoms with van der Waals surface area (Å²) in [5.74, 6) is 1.90. The minimum absolute atomic E-state index is 0.730. The number of likely N-dealkylation sites (N-methyl/N-ethyl adjacent to an activating group) is 1. The number of guanidine groups is 1. The van der Waals surface area contributed by atoms with Gasteiger partial charge in [-0.05, 0) is 50.2 Å². The van der Waals surface area contributed by atoms with Gasteiger partial charge in [0.1, 0.15) is 5.82 Å². The summed E-state index contributed by atoms with van der Waals surface area (Å²) in [7, 11) is 3.99. The van der Waals surface area contributed by atoms with E-state index in [0.717, 1.165) is 70.6 Å². The van der Waals surface area contributed by atoms with Crippen molar-refractivity contribution in [3.63, 3.8) is 0 Å². The van der Waals surface area contributed by atoms with Crippen LogP contribution >= 0.6 is 0 Å². The van der Waals surface area contributed by atoms with Crippen LogP contribution in [0.3, 0.4) is 0 Å². The highest BCUT2D eigenvalue weighted by Gasteiger charge is 2.15. The quantitative estimate of drug-likeness (QED) is 0.367. The molecule has 1 aliphatic heterocycles. The van der Waals surface area contributed by atoms with Crippen molar-refractivity contribution in [1.82, 2.24) is 20.5 Å². The first-order chi connectivity index (χ1) is 15.2. The summed E-state index contributed by atoms with van der Waals surface area (Å²) in [4.78, 5) is 16.1. The van der Waals surface area contributed by atoms with E-state index >= 15 is 0 Å². The van der Waals surface area contributed by atoms with E-state index in [1.807, 2.05) is 13.2 Å². The highest BCUT2D eigenvalue weighted by atomic mass is 15.3. The molecule has 0 saturated carbocycles. The molecule has 0 bridgehead atoms. The van der Waals surface area contributed by atoms with E-state index in [1.54, 1.807) is 0 Å². The number of aliphatic imine (C=N–C) groups is 1. The fourth-order valence-corrected chi connectivity index (χ4v) is 3.77. The van der Waals surface area contributed by atoms with Gasteiger partial charge in [0.25, 0.3) is 0 Å². The van der Waals surface area contributed by atoms with Gasteiger partial charge in [-0.3, -0.25) is 4.99 Å². The van der Waals surface area contributed by atoms with Gasteiger partial charge in [-0.1, -0.05) is 18.2 Å². The number of para-hydroxylation sites is 1. The van der Waals surface area contributed by atoms with Crippen molar-refractivity contribution < 1.29 is 0 Å². The van der Waals surface area contributed by atoms with E-state index in [9.17, 15) is 0 Å². The van der Waals surface area contributed by atoms with Gasteiger partial charge in [-0.25, -0.2) is 4.98 Å². The van der Waals surface area contributed by atoms with Crippen molar-refractivity contribution >= 4 is 17.5 Å². The lowest BCUT2D eigenvalue weighted by atomic mass is 10.2. The summed E-state index contributed by atoms with van der Waals surface area (Å²) >= 11 is 0. The Morgan fingerprint density at radius 3 is 2.58 bits per heavy atom. The molecule has 0 atom stereocenters. The van der Waals surface area contributed by atoms with Crippen molar-refractivity contribution in [2.45, 2.75) is 19.9 Å². The number of anilines is 2. The van der Waals surface area contributed by atoms with Crippen LogP contribution in [0.1, 0.15) is 18.9 Å². The monoisotopic (exact) mass is 423 g/mol. The van der Waals surface area contributed by atoms with Gasteiger partial charge in [0.05, 0.1) is 0 Å². The second-order valence-corrected chi connectivity index (χ2v) is 7.93. The zero-order valence-corrected chi connectivity index (χ0v) is 19.2. The molecule has 0 aliphatic carbocycles. The molecule has 1 fully saturated rings. The highest BCUT2D eigenvalue weighted by Crippen LogP contribution is 2.15. The van der Waals surface area contributed by atoms with Crippen LogP contribution in [-0.2, 0) is 6.54 Å². The van der Waals surface area contributed by atoms with Crippen molar-refractivity contribution in [1.29, 1.82) is 0 Å². The fourth-order valence-electron chi connectivity index (χ4n) is 3.77. The van der Waals surface area contributed by atoms with Gasteiger partial charge in [0.2, 0.25) is 0 Å². The number of benzene rings is 1. The second-order valence-electron chi connectivity index (χ2n) is 7.93. The first-order valence-corrected chi connectivity index (χ1v) is 11.3. The molecule has 2 aromatic rings. The highest BCUT2D eigenvalue weighted by molar-refractivity contribution is 5.79. The maximum absolute atomic E-state index is 4.57. The summed E-state index contributed by atoms with van der Waals surface area (Å²) in [5, 5.41) is 6.86. The van der Waals surface area contributed by atoms with Crippen molar-refractivity contribution in [3.05, 3.63) is 54.2 Å². The minimum atomic E-state index is 0.730. The lowest BCUT2D eigenvalue weighted by molar-refractivity contribution is 0.312. The summed E-state index contributed by atoms with van der Waals surface area (Å²) in [6.45, 7) is 10.1. The molecule has 1 aromatic heterocycles. The Labute approximate surface area is 187 Å². The SMILES string of the molecule is CCN(CCCNC(=NC)NCc1ccnc(N2CCN(C)CC2)c1)c1ccccc1. The van der Waals surface area contributed by atoms with Gasteiger partial charge in [0, 0.05) is 71.3 Å². The summed E-state index contributed by atoms with van der Waals surface area (Å²) < 4.78 is 0. The Balaban J connectivity index is 1.42. The van der Waals surface area contributed by atoms with Crippen LogP contribution in [0.5, 0.6) is 0 Å². The molecular weight excluding hydrogens is 386 g/mol. The molecule has 7 nitrogen and oxygen atoms in total. The van der Waals surface area contributed by atoms with Crippen LogP contribution in [0.2, 0.25) is 0 Å². The molecule has 31 heavy (non-hydrogen) atoms. The van der Waals surface area contributed by atoms with Gasteiger partial charge in [0.15, 0.2) is 5.96 Å². The van der Waals surface area contributed by atoms with E-state index in [0.29, 0.717) is 0 Å². The van der Waals surface area contributed by atoms with Gasteiger partial charge in [-0.15, -0.1) is 0 Å². The molecule has 1 saturated heterocycles. The van der Waals surface area contributed by atoms with Crippen LogP contribution in [0.4, 0.5) is 11.5 Å². The van der Waals surface area contributed by atoms with Crippen molar-refractivity contribution in [2.75, 3.05) is 69.7 Å². The zero-order valence-electron chi connectivity index (χ0n) is 19.2. The molecule has 0 radical (unpaired) electrons. The number of aromatic nitrogens is 1. The standard InChI is InChI=1S/C24H37N7/c1-4-30(22-9-6-5-7-10-22)14-8-12-27-24(25-2)28-20-21-11-13-26-23(19-21)31-17-15-29(3)16-18-31/h5-7,9-11,13,19H,4,8,12,14-18,20H2,1-3H3,(H2,25,27,28). The van der Waals surface area contributed by atoms with Gasteiger partial charge >= 0.3 is 0 Å². The molecule has 0 amide bonds. The van der Waals surface area contributed by atoms with Crippen LogP contribution < -0.4 is 20.4 Å². The number of hydrogen-bond acceptors (Lipinski definition) is 5. The lowest BCUT2D eigenvalue weighted by Crippen LogP contribution is -2.44. The van der Waals surface area contributed by atoms with Crippen LogP contribution in [-0.4, -0.2) is 75.8 Å². The molecule has 1 aliphatic rings. The molecule has 0 unspecified atom stereocenters. The number of rotatable bonds is 9. The number of hydrogen-bond donors (Lipinski definition) is 2. The minimum Gasteiger partial charge on any atom is -0.372 e. The van der Waals surface area contributed by atoms with Gasteiger partial charge < -0.3 is 25.3 Å². The Bertz CT molecular complexity index is 801. The van der Waals surface area contributed by atoms with E-state index in [4.69, 9.17) is 0 Å². The third kappa shape index (κ3) is 7.14. The first kappa shape index (κ1) is 22.9. The van der Waals surface area contributed by atoms with Crippen LogP contribution in [0.15, 0.2) is 53.7 Å². The van der Waals surface area contributed by atoms with E-state index in [1.165, 1.54) is 11.3 Å². The Morgan fingerprint density at radius 2 is 1.87 bits per heavy atom. The molecule has 168 valence electrons. The largest absolute Gasteiger partial charge is 0.372 e. The maximum Gasteiger partial charge on any atom is 0.191 e. The van der Waals surface area contributed by atoms with E-state index < -0.39 is 0 Å². The molecule has 3 rings (SSSR count). The molecule has 7 heteroatoms. The second kappa shape index (κ2) is 12.2. The first-order valence-electron chi connectivity index (χ1n) is 11.3. The predicted octanol–water partition coefficient (Wildman–Crippen LogP) is 2.42. The average molecular weight is 424 g/mol. The van der Waals surface area contributed by atoms with Crippen LogP contribution in [0, 0.1) is 0 Å². The number of nitrogens with zero attached hydrogens (tertiary/aromatic N) is 5. The topological polar surface area (TPSA) is 59.0 Å². The molecule has 0 spiro atoms. The Kier molecular flexibility index (Phi) is 8.97. The number of pyridine rings is 1. The van der Waals surface area contributed by atoms with Crippen LogP contribution in [0.25, 0.3) is 0 Å². The Morgan fingerprint density at radius 1 is 1.10 bits per heavy atom. The Hall–Kier alpha value is -2.80. The van der Waals surface area contributed by atoms with Crippen molar-refractivity contribution in [2.24, 2.45) is 4.99 Å². The van der Waals surface area contributed by atoms with Gasteiger partial charge in [-0.2, -0.15) is 0 Å². The average Bonchev–Trinajstić information content (AvgIpc) is 2.82. The summed E-state index contributed by atoms with van der Waals surface area (Å²) in [6.07, 6.45) is 2.95. The maximum atomic E-state index is 4.57. The third-order valence-corrected chi connectivity index (χ3v) is 5.72.